The summed E-state index contributed by atoms with van der Waals surface area (Å²) in [4.78, 5) is 0. The van der Waals surface area contributed by atoms with Gasteiger partial charge in [-0.25, -0.2) is 4.68 Å². The highest BCUT2D eigenvalue weighted by Crippen LogP contribution is 2.27. The molecule has 4 nitrogen and oxygen atoms in total. The van der Waals surface area contributed by atoms with Gasteiger partial charge in [-0.15, -0.1) is 5.10 Å². The third-order valence-electron chi connectivity index (χ3n) is 2.90. The second kappa shape index (κ2) is 4.90. The molecule has 0 aliphatic heterocycles. The van der Waals surface area contributed by atoms with Gasteiger partial charge in [0.15, 0.2) is 0 Å². The predicted octanol–water partition coefficient (Wildman–Crippen LogP) is 2.07. The third-order valence-corrected chi connectivity index (χ3v) is 2.90. The molecule has 1 heterocycles. The van der Waals surface area contributed by atoms with Crippen molar-refractivity contribution in [1.82, 2.24) is 15.0 Å². The monoisotopic (exact) mass is 244 g/mol. The standard InChI is InChI=1S/C14H20N4/c1-14(2,3)12-6-4-5-7-13(12)18-10-11(8-9-15)16-17-18/h4-7,10H,8-9,15H2,1-3H3. The van der Waals surface area contributed by atoms with Crippen molar-refractivity contribution in [2.75, 3.05) is 6.54 Å². The van der Waals surface area contributed by atoms with E-state index in [1.165, 1.54) is 5.56 Å². The van der Waals surface area contributed by atoms with Crippen molar-refractivity contribution in [3.8, 4) is 5.69 Å². The van der Waals surface area contributed by atoms with Crippen molar-refractivity contribution >= 4 is 0 Å². The maximum absolute atomic E-state index is 5.53. The molecule has 0 radical (unpaired) electrons. The van der Waals surface area contributed by atoms with Crippen LogP contribution in [-0.2, 0) is 11.8 Å². The van der Waals surface area contributed by atoms with Gasteiger partial charge in [-0.3, -0.25) is 0 Å². The molecule has 96 valence electrons. The van der Waals surface area contributed by atoms with Crippen LogP contribution in [0.2, 0.25) is 0 Å². The molecule has 0 amide bonds. The molecule has 0 saturated heterocycles. The zero-order valence-electron chi connectivity index (χ0n) is 11.2. The van der Waals surface area contributed by atoms with Crippen LogP contribution in [0.25, 0.3) is 5.69 Å². The molecule has 0 unspecified atom stereocenters. The molecule has 0 fully saturated rings. The maximum Gasteiger partial charge on any atom is 0.0844 e. The van der Waals surface area contributed by atoms with Gasteiger partial charge in [0, 0.05) is 6.42 Å². The Labute approximate surface area is 108 Å². The van der Waals surface area contributed by atoms with Crippen molar-refractivity contribution in [2.24, 2.45) is 5.73 Å². The third kappa shape index (κ3) is 2.59. The average molecular weight is 244 g/mol. The molecular weight excluding hydrogens is 224 g/mol. The lowest BCUT2D eigenvalue weighted by atomic mass is 9.86. The first-order chi connectivity index (χ1) is 8.52. The van der Waals surface area contributed by atoms with Crippen LogP contribution in [0.5, 0.6) is 0 Å². The number of aromatic nitrogens is 3. The number of rotatable bonds is 3. The highest BCUT2D eigenvalue weighted by molar-refractivity contribution is 5.44. The Balaban J connectivity index is 2.43. The molecular formula is C14H20N4. The zero-order valence-corrected chi connectivity index (χ0v) is 11.2. The fourth-order valence-electron chi connectivity index (χ4n) is 1.99. The summed E-state index contributed by atoms with van der Waals surface area (Å²) in [5, 5.41) is 8.33. The van der Waals surface area contributed by atoms with E-state index in [1.807, 2.05) is 16.9 Å². The molecule has 2 N–H and O–H groups in total. The number of nitrogens with two attached hydrogens (primary N) is 1. The minimum absolute atomic E-state index is 0.0799. The van der Waals surface area contributed by atoms with Crippen LogP contribution in [0.4, 0.5) is 0 Å². The van der Waals surface area contributed by atoms with Crippen LogP contribution in [-0.4, -0.2) is 21.5 Å². The number of benzene rings is 1. The van der Waals surface area contributed by atoms with Crippen LogP contribution in [0.15, 0.2) is 30.5 Å². The van der Waals surface area contributed by atoms with Gasteiger partial charge in [-0.05, 0) is 23.6 Å². The molecule has 0 saturated carbocycles. The molecule has 0 atom stereocenters. The van der Waals surface area contributed by atoms with E-state index in [-0.39, 0.29) is 5.41 Å². The van der Waals surface area contributed by atoms with Crippen LogP contribution < -0.4 is 5.73 Å². The topological polar surface area (TPSA) is 56.7 Å². The smallest absolute Gasteiger partial charge is 0.0844 e. The average Bonchev–Trinajstić information content (AvgIpc) is 2.77. The molecule has 1 aromatic heterocycles. The van der Waals surface area contributed by atoms with Gasteiger partial charge in [0.2, 0.25) is 0 Å². The Kier molecular flexibility index (Phi) is 3.48. The Hall–Kier alpha value is -1.68. The summed E-state index contributed by atoms with van der Waals surface area (Å²) >= 11 is 0. The molecule has 4 heteroatoms. The fraction of sp³-hybridized carbons (Fsp3) is 0.429. The normalized spacial score (nSPS) is 11.8. The summed E-state index contributed by atoms with van der Waals surface area (Å²) in [6.07, 6.45) is 2.72. The number of hydrogen-bond donors (Lipinski definition) is 1. The highest BCUT2D eigenvalue weighted by atomic mass is 15.4. The number of para-hydroxylation sites is 1. The molecule has 0 aliphatic carbocycles. The number of hydrogen-bond acceptors (Lipinski definition) is 3. The van der Waals surface area contributed by atoms with Gasteiger partial charge in [0.05, 0.1) is 17.6 Å². The van der Waals surface area contributed by atoms with Gasteiger partial charge >= 0.3 is 0 Å². The van der Waals surface area contributed by atoms with Gasteiger partial charge in [0.1, 0.15) is 0 Å². The van der Waals surface area contributed by atoms with Crippen molar-refractivity contribution in [3.63, 3.8) is 0 Å². The highest BCUT2D eigenvalue weighted by Gasteiger charge is 2.18. The quantitative estimate of drug-likeness (QED) is 0.899. The molecule has 0 aliphatic rings. The largest absolute Gasteiger partial charge is 0.330 e. The van der Waals surface area contributed by atoms with Crippen molar-refractivity contribution in [3.05, 3.63) is 41.7 Å². The molecule has 18 heavy (non-hydrogen) atoms. The van der Waals surface area contributed by atoms with E-state index in [0.29, 0.717) is 6.54 Å². The Morgan fingerprint density at radius 2 is 1.94 bits per heavy atom. The first-order valence-electron chi connectivity index (χ1n) is 6.23. The minimum Gasteiger partial charge on any atom is -0.330 e. The lowest BCUT2D eigenvalue weighted by molar-refractivity contribution is 0.582. The Morgan fingerprint density at radius 3 is 2.61 bits per heavy atom. The lowest BCUT2D eigenvalue weighted by Crippen LogP contribution is -2.15. The summed E-state index contributed by atoms with van der Waals surface area (Å²) in [6.45, 7) is 7.19. The van der Waals surface area contributed by atoms with Crippen molar-refractivity contribution in [2.45, 2.75) is 32.6 Å². The van der Waals surface area contributed by atoms with E-state index < -0.39 is 0 Å². The molecule has 2 rings (SSSR count). The van der Waals surface area contributed by atoms with Crippen LogP contribution in [0.1, 0.15) is 32.0 Å². The van der Waals surface area contributed by atoms with E-state index in [9.17, 15) is 0 Å². The minimum atomic E-state index is 0.0799. The van der Waals surface area contributed by atoms with Gasteiger partial charge in [-0.2, -0.15) is 0 Å². The first kappa shape index (κ1) is 12.8. The van der Waals surface area contributed by atoms with E-state index in [1.54, 1.807) is 0 Å². The Morgan fingerprint density at radius 1 is 1.22 bits per heavy atom. The van der Waals surface area contributed by atoms with Crippen LogP contribution in [0, 0.1) is 0 Å². The predicted molar refractivity (Wildman–Crippen MR) is 72.8 cm³/mol. The summed E-state index contributed by atoms with van der Waals surface area (Å²) in [5.41, 5.74) is 8.88. The molecule has 0 spiro atoms. The number of nitrogens with zero attached hydrogens (tertiary/aromatic N) is 3. The molecule has 2 aromatic rings. The molecule has 1 aromatic carbocycles. The van der Waals surface area contributed by atoms with Crippen LogP contribution in [0.3, 0.4) is 0 Å². The van der Waals surface area contributed by atoms with E-state index in [2.05, 4.69) is 49.3 Å². The summed E-state index contributed by atoms with van der Waals surface area (Å²) in [6, 6.07) is 8.29. The maximum atomic E-state index is 5.53. The van der Waals surface area contributed by atoms with E-state index in [0.717, 1.165) is 17.8 Å². The second-order valence-electron chi connectivity index (χ2n) is 5.46. The first-order valence-corrected chi connectivity index (χ1v) is 6.23. The van der Waals surface area contributed by atoms with E-state index in [4.69, 9.17) is 5.73 Å². The second-order valence-corrected chi connectivity index (χ2v) is 5.46. The Bertz CT molecular complexity index is 523. The SMILES string of the molecule is CC(C)(C)c1ccccc1-n1cc(CCN)nn1. The van der Waals surface area contributed by atoms with E-state index >= 15 is 0 Å². The van der Waals surface area contributed by atoms with Gasteiger partial charge < -0.3 is 5.73 Å². The lowest BCUT2D eigenvalue weighted by Gasteiger charge is -2.22. The van der Waals surface area contributed by atoms with Crippen molar-refractivity contribution in [1.29, 1.82) is 0 Å². The molecule has 0 bridgehead atoms. The zero-order chi connectivity index (χ0) is 13.2. The summed E-state index contributed by atoms with van der Waals surface area (Å²) in [5.74, 6) is 0. The van der Waals surface area contributed by atoms with Crippen molar-refractivity contribution < 1.29 is 0 Å². The van der Waals surface area contributed by atoms with Gasteiger partial charge in [-0.1, -0.05) is 44.2 Å². The summed E-state index contributed by atoms with van der Waals surface area (Å²) < 4.78 is 1.84. The van der Waals surface area contributed by atoms with Gasteiger partial charge in [0.25, 0.3) is 0 Å². The summed E-state index contributed by atoms with van der Waals surface area (Å²) in [7, 11) is 0. The fourth-order valence-corrected chi connectivity index (χ4v) is 1.99. The van der Waals surface area contributed by atoms with Crippen LogP contribution >= 0.6 is 0 Å².